The molecule has 4 nitrogen and oxygen atoms in total. The highest BCUT2D eigenvalue weighted by atomic mass is 16.1. The van der Waals surface area contributed by atoms with Gasteiger partial charge in [0.2, 0.25) is 5.91 Å². The lowest BCUT2D eigenvalue weighted by Crippen LogP contribution is -2.38. The maximum atomic E-state index is 11.5. The van der Waals surface area contributed by atoms with Gasteiger partial charge in [0, 0.05) is 31.4 Å². The van der Waals surface area contributed by atoms with Crippen LogP contribution in [0.2, 0.25) is 0 Å². The summed E-state index contributed by atoms with van der Waals surface area (Å²) in [5.74, 6) is 0.0708. The number of nitrogens with zero attached hydrogens (tertiary/aromatic N) is 1. The molecule has 0 heterocycles. The second kappa shape index (κ2) is 9.37. The Morgan fingerprint density at radius 3 is 2.55 bits per heavy atom. The number of carbonyl (C=O) groups is 1. The van der Waals surface area contributed by atoms with Gasteiger partial charge in [-0.1, -0.05) is 32.0 Å². The summed E-state index contributed by atoms with van der Waals surface area (Å²) in [6.07, 6.45) is 0.955. The first-order valence-corrected chi connectivity index (χ1v) is 7.43. The molecule has 1 aromatic rings. The number of para-hydroxylation sites is 1. The Morgan fingerprint density at radius 1 is 1.25 bits per heavy atom. The number of benzene rings is 1. The van der Waals surface area contributed by atoms with Gasteiger partial charge in [0.25, 0.3) is 0 Å². The minimum atomic E-state index is 0.0708. The zero-order chi connectivity index (χ0) is 14.8. The van der Waals surface area contributed by atoms with E-state index in [4.69, 9.17) is 0 Å². The van der Waals surface area contributed by atoms with Crippen molar-refractivity contribution in [3.8, 4) is 0 Å². The molecule has 0 saturated heterocycles. The largest absolute Gasteiger partial charge is 0.372 e. The molecular weight excluding hydrogens is 250 g/mol. The van der Waals surface area contributed by atoms with Crippen LogP contribution in [-0.4, -0.2) is 38.1 Å². The fraction of sp³-hybridized carbons (Fsp3) is 0.562. The summed E-state index contributed by atoms with van der Waals surface area (Å²) >= 11 is 0. The molecule has 1 aromatic carbocycles. The van der Waals surface area contributed by atoms with Crippen molar-refractivity contribution in [3.05, 3.63) is 30.3 Å². The van der Waals surface area contributed by atoms with Crippen molar-refractivity contribution in [3.63, 3.8) is 0 Å². The van der Waals surface area contributed by atoms with Gasteiger partial charge in [0.05, 0.1) is 6.54 Å². The monoisotopic (exact) mass is 277 g/mol. The van der Waals surface area contributed by atoms with E-state index in [9.17, 15) is 4.79 Å². The summed E-state index contributed by atoms with van der Waals surface area (Å²) in [5.41, 5.74) is 1.24. The number of hydrogen-bond acceptors (Lipinski definition) is 3. The van der Waals surface area contributed by atoms with Crippen LogP contribution in [0.4, 0.5) is 5.69 Å². The van der Waals surface area contributed by atoms with Crippen molar-refractivity contribution < 1.29 is 4.79 Å². The molecule has 0 aliphatic heterocycles. The Bertz CT molecular complexity index is 379. The molecule has 0 saturated carbocycles. The van der Waals surface area contributed by atoms with Gasteiger partial charge >= 0.3 is 0 Å². The Balaban J connectivity index is 2.21. The zero-order valence-corrected chi connectivity index (χ0v) is 12.9. The molecule has 0 aliphatic carbocycles. The first kappa shape index (κ1) is 16.5. The number of anilines is 1. The first-order chi connectivity index (χ1) is 9.63. The second-order valence-electron chi connectivity index (χ2n) is 5.15. The zero-order valence-electron chi connectivity index (χ0n) is 12.9. The van der Waals surface area contributed by atoms with E-state index in [-0.39, 0.29) is 5.91 Å². The van der Waals surface area contributed by atoms with Gasteiger partial charge in [0.15, 0.2) is 0 Å². The molecule has 0 aromatic heterocycles. The van der Waals surface area contributed by atoms with Crippen LogP contribution in [0.15, 0.2) is 30.3 Å². The molecule has 20 heavy (non-hydrogen) atoms. The topological polar surface area (TPSA) is 44.4 Å². The van der Waals surface area contributed by atoms with Gasteiger partial charge in [-0.2, -0.15) is 0 Å². The molecule has 0 fully saturated rings. The van der Waals surface area contributed by atoms with Gasteiger partial charge < -0.3 is 15.5 Å². The first-order valence-electron chi connectivity index (χ1n) is 7.43. The van der Waals surface area contributed by atoms with Gasteiger partial charge in [-0.15, -0.1) is 0 Å². The molecule has 0 spiro atoms. The quantitative estimate of drug-likeness (QED) is 0.679. The molecule has 4 heteroatoms. The summed E-state index contributed by atoms with van der Waals surface area (Å²) in [6, 6.07) is 10.7. The Kier molecular flexibility index (Phi) is 7.73. The van der Waals surface area contributed by atoms with E-state index in [0.29, 0.717) is 12.6 Å². The van der Waals surface area contributed by atoms with Crippen LogP contribution in [0, 0.1) is 0 Å². The minimum absolute atomic E-state index is 0.0708. The van der Waals surface area contributed by atoms with Crippen LogP contribution >= 0.6 is 0 Å². The van der Waals surface area contributed by atoms with Crippen molar-refractivity contribution in [2.75, 3.05) is 31.1 Å². The maximum Gasteiger partial charge on any atom is 0.233 e. The van der Waals surface area contributed by atoms with Crippen LogP contribution in [0.3, 0.4) is 0 Å². The molecule has 112 valence electrons. The standard InChI is InChI=1S/C16H27N3O/c1-4-19(15-9-6-5-7-10-15)12-8-11-17-16(20)13-18-14(2)3/h5-7,9-10,14,18H,4,8,11-13H2,1-3H3,(H,17,20). The summed E-state index contributed by atoms with van der Waals surface area (Å²) in [7, 11) is 0. The van der Waals surface area contributed by atoms with Crippen molar-refractivity contribution in [2.45, 2.75) is 33.2 Å². The fourth-order valence-corrected chi connectivity index (χ4v) is 1.97. The molecule has 0 atom stereocenters. The van der Waals surface area contributed by atoms with Crippen molar-refractivity contribution in [1.82, 2.24) is 10.6 Å². The number of amides is 1. The smallest absolute Gasteiger partial charge is 0.233 e. The van der Waals surface area contributed by atoms with E-state index in [1.54, 1.807) is 0 Å². The predicted octanol–water partition coefficient (Wildman–Crippen LogP) is 2.02. The molecule has 0 radical (unpaired) electrons. The third kappa shape index (κ3) is 6.57. The molecule has 2 N–H and O–H groups in total. The van der Waals surface area contributed by atoms with Crippen molar-refractivity contribution in [2.24, 2.45) is 0 Å². The number of rotatable bonds is 9. The molecule has 0 bridgehead atoms. The van der Waals surface area contributed by atoms with Crippen LogP contribution in [0.1, 0.15) is 27.2 Å². The Morgan fingerprint density at radius 2 is 1.95 bits per heavy atom. The number of nitrogens with one attached hydrogen (secondary N) is 2. The number of carbonyl (C=O) groups excluding carboxylic acids is 1. The summed E-state index contributed by atoms with van der Waals surface area (Å²) < 4.78 is 0. The molecule has 1 amide bonds. The van der Waals surface area contributed by atoms with Crippen LogP contribution in [0.25, 0.3) is 0 Å². The summed E-state index contributed by atoms with van der Waals surface area (Å²) in [6.45, 7) is 9.28. The third-order valence-corrected chi connectivity index (χ3v) is 3.10. The van der Waals surface area contributed by atoms with Crippen LogP contribution in [-0.2, 0) is 4.79 Å². The summed E-state index contributed by atoms with van der Waals surface area (Å²) in [5, 5.41) is 6.05. The highest BCUT2D eigenvalue weighted by Gasteiger charge is 2.04. The normalized spacial score (nSPS) is 10.6. The SMILES string of the molecule is CCN(CCCNC(=O)CNC(C)C)c1ccccc1. The average molecular weight is 277 g/mol. The van der Waals surface area contributed by atoms with E-state index in [2.05, 4.69) is 46.7 Å². The summed E-state index contributed by atoms with van der Waals surface area (Å²) in [4.78, 5) is 13.9. The predicted molar refractivity (Wildman–Crippen MR) is 85.1 cm³/mol. The maximum absolute atomic E-state index is 11.5. The van der Waals surface area contributed by atoms with E-state index >= 15 is 0 Å². The molecular formula is C16H27N3O. The lowest BCUT2D eigenvalue weighted by Gasteiger charge is -2.23. The van der Waals surface area contributed by atoms with Gasteiger partial charge in [-0.3, -0.25) is 4.79 Å². The van der Waals surface area contributed by atoms with Crippen molar-refractivity contribution in [1.29, 1.82) is 0 Å². The van der Waals surface area contributed by atoms with Crippen molar-refractivity contribution >= 4 is 11.6 Å². The van der Waals surface area contributed by atoms with E-state index in [0.717, 1.165) is 26.1 Å². The minimum Gasteiger partial charge on any atom is -0.372 e. The number of hydrogen-bond donors (Lipinski definition) is 2. The van der Waals surface area contributed by atoms with Crippen LogP contribution in [0.5, 0.6) is 0 Å². The lowest BCUT2D eigenvalue weighted by molar-refractivity contribution is -0.120. The second-order valence-corrected chi connectivity index (χ2v) is 5.15. The average Bonchev–Trinajstić information content (AvgIpc) is 2.46. The third-order valence-electron chi connectivity index (χ3n) is 3.10. The van der Waals surface area contributed by atoms with E-state index in [1.807, 2.05) is 19.9 Å². The molecule has 0 unspecified atom stereocenters. The highest BCUT2D eigenvalue weighted by Crippen LogP contribution is 2.12. The fourth-order valence-electron chi connectivity index (χ4n) is 1.97. The van der Waals surface area contributed by atoms with E-state index < -0.39 is 0 Å². The highest BCUT2D eigenvalue weighted by molar-refractivity contribution is 5.77. The van der Waals surface area contributed by atoms with Gasteiger partial charge in [-0.05, 0) is 25.5 Å². The Labute approximate surface area is 122 Å². The van der Waals surface area contributed by atoms with Crippen LogP contribution < -0.4 is 15.5 Å². The van der Waals surface area contributed by atoms with E-state index in [1.165, 1.54) is 5.69 Å². The van der Waals surface area contributed by atoms with Gasteiger partial charge in [-0.25, -0.2) is 0 Å². The lowest BCUT2D eigenvalue weighted by atomic mass is 10.2. The molecule has 1 rings (SSSR count). The Hall–Kier alpha value is -1.55. The van der Waals surface area contributed by atoms with Gasteiger partial charge in [0.1, 0.15) is 0 Å². The molecule has 0 aliphatic rings.